The van der Waals surface area contributed by atoms with Gasteiger partial charge in [0, 0.05) is 45.2 Å². The van der Waals surface area contributed by atoms with Gasteiger partial charge < -0.3 is 15.5 Å². The van der Waals surface area contributed by atoms with Crippen LogP contribution in [0.25, 0.3) is 0 Å². The number of hydrogen-bond donors (Lipinski definition) is 1. The molecule has 0 aliphatic carbocycles. The number of nitrogens with zero attached hydrogens (tertiary/aromatic N) is 2. The first-order chi connectivity index (χ1) is 9.04. The number of carbonyl (C=O) groups excluding carboxylic acids is 1. The fourth-order valence-electron chi connectivity index (χ4n) is 3.54. The minimum atomic E-state index is 0.299. The molecule has 2 atom stereocenters. The summed E-state index contributed by atoms with van der Waals surface area (Å²) in [4.78, 5) is 16.6. The lowest BCUT2D eigenvalue weighted by Crippen LogP contribution is -2.45. The van der Waals surface area contributed by atoms with Crippen molar-refractivity contribution in [3.63, 3.8) is 0 Å². The van der Waals surface area contributed by atoms with E-state index in [1.807, 2.05) is 4.90 Å². The molecule has 2 unspecified atom stereocenters. The van der Waals surface area contributed by atoms with E-state index in [4.69, 9.17) is 5.73 Å². The van der Waals surface area contributed by atoms with Crippen molar-refractivity contribution in [2.75, 3.05) is 32.7 Å². The highest BCUT2D eigenvalue weighted by molar-refractivity contribution is 5.76. The zero-order valence-corrected chi connectivity index (χ0v) is 12.5. The van der Waals surface area contributed by atoms with Crippen molar-refractivity contribution in [2.45, 2.75) is 45.6 Å². The Labute approximate surface area is 117 Å². The maximum Gasteiger partial charge on any atom is 0.223 e. The summed E-state index contributed by atoms with van der Waals surface area (Å²) < 4.78 is 0. The van der Waals surface area contributed by atoms with Gasteiger partial charge in [-0.05, 0) is 31.1 Å². The Morgan fingerprint density at radius 2 is 1.74 bits per heavy atom. The molecule has 1 amide bonds. The van der Waals surface area contributed by atoms with E-state index in [9.17, 15) is 4.79 Å². The number of piperidine rings is 2. The Kier molecular flexibility index (Phi) is 5.22. The zero-order valence-electron chi connectivity index (χ0n) is 12.5. The summed E-state index contributed by atoms with van der Waals surface area (Å²) in [6.45, 7) is 9.58. The second-order valence-electron chi connectivity index (χ2n) is 6.67. The van der Waals surface area contributed by atoms with Gasteiger partial charge in [0.05, 0.1) is 0 Å². The molecule has 0 aromatic carbocycles. The van der Waals surface area contributed by atoms with Gasteiger partial charge in [0.25, 0.3) is 0 Å². The highest BCUT2D eigenvalue weighted by Crippen LogP contribution is 2.21. The summed E-state index contributed by atoms with van der Waals surface area (Å²) in [6.07, 6.45) is 3.93. The predicted octanol–water partition coefficient (Wildman–Crippen LogP) is 1.30. The fourth-order valence-corrected chi connectivity index (χ4v) is 3.54. The van der Waals surface area contributed by atoms with Crippen LogP contribution in [0, 0.1) is 11.8 Å². The predicted molar refractivity (Wildman–Crippen MR) is 77.8 cm³/mol. The molecule has 4 nitrogen and oxygen atoms in total. The molecule has 0 saturated carbocycles. The summed E-state index contributed by atoms with van der Waals surface area (Å²) >= 11 is 0. The molecule has 4 heteroatoms. The highest BCUT2D eigenvalue weighted by atomic mass is 16.2. The summed E-state index contributed by atoms with van der Waals surface area (Å²) in [5, 5.41) is 0. The van der Waals surface area contributed by atoms with Crippen molar-refractivity contribution in [1.82, 2.24) is 9.80 Å². The normalized spacial score (nSPS) is 30.6. The van der Waals surface area contributed by atoms with Crippen LogP contribution in [0.4, 0.5) is 0 Å². The van der Waals surface area contributed by atoms with Crippen LogP contribution in [0.15, 0.2) is 0 Å². The molecule has 2 fully saturated rings. The summed E-state index contributed by atoms with van der Waals surface area (Å²) in [5.41, 5.74) is 5.87. The van der Waals surface area contributed by atoms with Crippen LogP contribution in [-0.2, 0) is 4.79 Å². The Morgan fingerprint density at radius 1 is 1.16 bits per heavy atom. The third-order valence-corrected chi connectivity index (χ3v) is 4.48. The molecule has 0 aromatic rings. The van der Waals surface area contributed by atoms with Gasteiger partial charge in [0.15, 0.2) is 0 Å². The highest BCUT2D eigenvalue weighted by Gasteiger charge is 2.24. The lowest BCUT2D eigenvalue weighted by molar-refractivity contribution is -0.132. The monoisotopic (exact) mass is 267 g/mol. The van der Waals surface area contributed by atoms with E-state index in [-0.39, 0.29) is 0 Å². The number of likely N-dealkylation sites (tertiary alicyclic amines) is 2. The fraction of sp³-hybridized carbons (Fsp3) is 0.933. The largest absolute Gasteiger partial charge is 0.343 e. The minimum absolute atomic E-state index is 0.299. The lowest BCUT2D eigenvalue weighted by atomic mass is 9.92. The molecule has 2 saturated heterocycles. The molecule has 2 aliphatic rings. The third kappa shape index (κ3) is 4.46. The topological polar surface area (TPSA) is 49.6 Å². The molecule has 2 rings (SSSR count). The van der Waals surface area contributed by atoms with Crippen LogP contribution >= 0.6 is 0 Å². The molecule has 0 radical (unpaired) electrons. The molecular weight excluding hydrogens is 238 g/mol. The number of amides is 1. The Balaban J connectivity index is 1.71. The van der Waals surface area contributed by atoms with Crippen molar-refractivity contribution in [3.8, 4) is 0 Å². The van der Waals surface area contributed by atoms with Crippen LogP contribution in [0.3, 0.4) is 0 Å². The van der Waals surface area contributed by atoms with E-state index >= 15 is 0 Å². The maximum atomic E-state index is 12.2. The third-order valence-electron chi connectivity index (χ3n) is 4.48. The molecule has 19 heavy (non-hydrogen) atoms. The second kappa shape index (κ2) is 6.71. The first kappa shape index (κ1) is 14.8. The summed E-state index contributed by atoms with van der Waals surface area (Å²) in [5.74, 6) is 1.86. The summed E-state index contributed by atoms with van der Waals surface area (Å²) in [7, 11) is 0. The standard InChI is InChI=1S/C15H29N3O/c1-12-9-13(2)11-17(10-12)6-5-15(19)18-7-3-14(16)4-8-18/h12-14H,3-11,16H2,1-2H3. The molecule has 0 spiro atoms. The van der Waals surface area contributed by atoms with Gasteiger partial charge in [-0.1, -0.05) is 13.8 Å². The van der Waals surface area contributed by atoms with Crippen LogP contribution < -0.4 is 5.73 Å². The van der Waals surface area contributed by atoms with Crippen molar-refractivity contribution in [2.24, 2.45) is 17.6 Å². The average molecular weight is 267 g/mol. The van der Waals surface area contributed by atoms with Crippen molar-refractivity contribution in [1.29, 1.82) is 0 Å². The minimum Gasteiger partial charge on any atom is -0.343 e. The van der Waals surface area contributed by atoms with Crippen molar-refractivity contribution in [3.05, 3.63) is 0 Å². The van der Waals surface area contributed by atoms with Gasteiger partial charge in [-0.25, -0.2) is 0 Å². The van der Waals surface area contributed by atoms with E-state index in [1.165, 1.54) is 6.42 Å². The van der Waals surface area contributed by atoms with E-state index in [2.05, 4.69) is 18.7 Å². The van der Waals surface area contributed by atoms with E-state index in [0.717, 1.165) is 57.4 Å². The Morgan fingerprint density at radius 3 is 2.32 bits per heavy atom. The lowest BCUT2D eigenvalue weighted by Gasteiger charge is -2.35. The molecule has 2 heterocycles. The van der Waals surface area contributed by atoms with E-state index < -0.39 is 0 Å². The van der Waals surface area contributed by atoms with E-state index in [1.54, 1.807) is 0 Å². The van der Waals surface area contributed by atoms with Crippen LogP contribution in [-0.4, -0.2) is 54.5 Å². The average Bonchev–Trinajstić information content (AvgIpc) is 2.36. The van der Waals surface area contributed by atoms with Crippen LogP contribution in [0.2, 0.25) is 0 Å². The summed E-state index contributed by atoms with van der Waals surface area (Å²) in [6, 6.07) is 0.299. The Bertz CT molecular complexity index is 290. The van der Waals surface area contributed by atoms with Gasteiger partial charge in [-0.15, -0.1) is 0 Å². The zero-order chi connectivity index (χ0) is 13.8. The number of carbonyl (C=O) groups is 1. The van der Waals surface area contributed by atoms with Gasteiger partial charge in [0.1, 0.15) is 0 Å². The number of rotatable bonds is 3. The van der Waals surface area contributed by atoms with Crippen molar-refractivity contribution >= 4 is 5.91 Å². The van der Waals surface area contributed by atoms with Crippen LogP contribution in [0.5, 0.6) is 0 Å². The SMILES string of the molecule is CC1CC(C)CN(CCC(=O)N2CCC(N)CC2)C1. The van der Waals surface area contributed by atoms with E-state index in [0.29, 0.717) is 18.4 Å². The van der Waals surface area contributed by atoms with Gasteiger partial charge >= 0.3 is 0 Å². The molecule has 0 aromatic heterocycles. The number of hydrogen-bond acceptors (Lipinski definition) is 3. The van der Waals surface area contributed by atoms with Gasteiger partial charge in [-0.3, -0.25) is 4.79 Å². The first-order valence-corrected chi connectivity index (χ1v) is 7.80. The number of nitrogens with two attached hydrogens (primary N) is 1. The molecule has 2 aliphatic heterocycles. The van der Waals surface area contributed by atoms with Crippen LogP contribution in [0.1, 0.15) is 39.5 Å². The molecular formula is C15H29N3O. The quantitative estimate of drug-likeness (QED) is 0.838. The second-order valence-corrected chi connectivity index (χ2v) is 6.67. The molecule has 0 bridgehead atoms. The molecule has 110 valence electrons. The van der Waals surface area contributed by atoms with Gasteiger partial charge in [0.2, 0.25) is 5.91 Å². The smallest absolute Gasteiger partial charge is 0.223 e. The Hall–Kier alpha value is -0.610. The van der Waals surface area contributed by atoms with Gasteiger partial charge in [-0.2, -0.15) is 0 Å². The first-order valence-electron chi connectivity index (χ1n) is 7.80. The van der Waals surface area contributed by atoms with Crippen molar-refractivity contribution < 1.29 is 4.79 Å². The maximum absolute atomic E-state index is 12.2. The molecule has 2 N–H and O–H groups in total.